The zero-order valence-corrected chi connectivity index (χ0v) is 11.6. The number of ether oxygens (including phenoxy) is 1. The Morgan fingerprint density at radius 1 is 1.00 bits per heavy atom. The van der Waals surface area contributed by atoms with Crippen LogP contribution < -0.4 is 10.4 Å². The molecule has 0 unspecified atom stereocenters. The smallest absolute Gasteiger partial charge is 0.336 e. The fourth-order valence-electron chi connectivity index (χ4n) is 2.17. The predicted octanol–water partition coefficient (Wildman–Crippen LogP) is 3.97. The van der Waals surface area contributed by atoms with Crippen molar-refractivity contribution in [3.05, 3.63) is 76.1 Å². The molecule has 104 valence electrons. The summed E-state index contributed by atoms with van der Waals surface area (Å²) in [7, 11) is 1.60. The fourth-order valence-corrected chi connectivity index (χ4v) is 2.17. The molecule has 21 heavy (non-hydrogen) atoms. The summed E-state index contributed by atoms with van der Waals surface area (Å²) in [6.45, 7) is 0. The van der Waals surface area contributed by atoms with Gasteiger partial charge in [-0.1, -0.05) is 42.5 Å². The molecule has 1 heterocycles. The molecule has 0 aliphatic heterocycles. The third-order valence-electron chi connectivity index (χ3n) is 3.23. The molecule has 0 radical (unpaired) electrons. The second-order valence-corrected chi connectivity index (χ2v) is 4.63. The van der Waals surface area contributed by atoms with E-state index in [1.54, 1.807) is 19.2 Å². The van der Waals surface area contributed by atoms with Crippen LogP contribution in [0.1, 0.15) is 11.1 Å². The lowest BCUT2D eigenvalue weighted by atomic mass is 10.1. The first kappa shape index (κ1) is 13.2. The molecule has 0 N–H and O–H groups in total. The molecule has 3 heteroatoms. The number of rotatable bonds is 3. The van der Waals surface area contributed by atoms with Crippen molar-refractivity contribution in [2.45, 2.75) is 0 Å². The molecule has 2 aromatic carbocycles. The average molecular weight is 278 g/mol. The molecule has 0 saturated carbocycles. The third kappa shape index (κ3) is 2.87. The van der Waals surface area contributed by atoms with Gasteiger partial charge >= 0.3 is 5.63 Å². The molecule has 3 aromatic rings. The Kier molecular flexibility index (Phi) is 3.56. The molecule has 0 aliphatic rings. The lowest BCUT2D eigenvalue weighted by molar-refractivity contribution is 0.413. The number of hydrogen-bond donors (Lipinski definition) is 0. The Morgan fingerprint density at radius 3 is 2.57 bits per heavy atom. The van der Waals surface area contributed by atoms with Crippen LogP contribution in [0.15, 0.2) is 63.8 Å². The highest BCUT2D eigenvalue weighted by Crippen LogP contribution is 2.26. The van der Waals surface area contributed by atoms with E-state index >= 15 is 0 Å². The molecular formula is C18H14O3. The van der Waals surface area contributed by atoms with Crippen LogP contribution in [-0.2, 0) is 0 Å². The first-order chi connectivity index (χ1) is 10.3. The Labute approximate surface area is 122 Å². The predicted molar refractivity (Wildman–Crippen MR) is 84.4 cm³/mol. The van der Waals surface area contributed by atoms with Crippen molar-refractivity contribution in [2.24, 2.45) is 0 Å². The summed E-state index contributed by atoms with van der Waals surface area (Å²) in [5, 5.41) is 0.864. The monoisotopic (exact) mass is 278 g/mol. The lowest BCUT2D eigenvalue weighted by Gasteiger charge is -2.06. The van der Waals surface area contributed by atoms with Gasteiger partial charge in [-0.15, -0.1) is 0 Å². The second kappa shape index (κ2) is 5.67. The molecule has 0 fully saturated rings. The summed E-state index contributed by atoms with van der Waals surface area (Å²) >= 11 is 0. The third-order valence-corrected chi connectivity index (χ3v) is 3.23. The molecular weight excluding hydrogens is 264 g/mol. The first-order valence-corrected chi connectivity index (χ1v) is 6.61. The normalized spacial score (nSPS) is 11.1. The van der Waals surface area contributed by atoms with Gasteiger partial charge in [-0.05, 0) is 17.7 Å². The minimum atomic E-state index is -0.364. The van der Waals surface area contributed by atoms with Crippen LogP contribution in [0.2, 0.25) is 0 Å². The van der Waals surface area contributed by atoms with E-state index in [0.29, 0.717) is 11.3 Å². The van der Waals surface area contributed by atoms with Gasteiger partial charge in [0.25, 0.3) is 0 Å². The maximum Gasteiger partial charge on any atom is 0.336 e. The summed E-state index contributed by atoms with van der Waals surface area (Å²) in [6, 6.07) is 16.9. The minimum absolute atomic E-state index is 0.364. The molecule has 1 aromatic heterocycles. The van der Waals surface area contributed by atoms with E-state index in [2.05, 4.69) is 0 Å². The Hall–Kier alpha value is -2.81. The van der Waals surface area contributed by atoms with Crippen molar-refractivity contribution >= 4 is 23.1 Å². The van der Waals surface area contributed by atoms with Gasteiger partial charge in [0.2, 0.25) is 0 Å². The maximum atomic E-state index is 11.3. The number of methoxy groups -OCH3 is 1. The van der Waals surface area contributed by atoms with E-state index in [-0.39, 0.29) is 5.63 Å². The Balaban J connectivity index is 2.07. The molecule has 0 saturated heterocycles. The summed E-state index contributed by atoms with van der Waals surface area (Å²) in [6.07, 6.45) is 4.00. The van der Waals surface area contributed by atoms with E-state index in [9.17, 15) is 4.79 Å². The van der Waals surface area contributed by atoms with Gasteiger partial charge in [-0.3, -0.25) is 0 Å². The molecule has 0 amide bonds. The van der Waals surface area contributed by atoms with E-state index in [0.717, 1.165) is 16.5 Å². The van der Waals surface area contributed by atoms with E-state index in [4.69, 9.17) is 9.15 Å². The molecule has 3 nitrogen and oxygen atoms in total. The van der Waals surface area contributed by atoms with Gasteiger partial charge in [-0.2, -0.15) is 0 Å². The van der Waals surface area contributed by atoms with E-state index in [1.807, 2.05) is 48.6 Å². The van der Waals surface area contributed by atoms with Crippen molar-refractivity contribution in [1.82, 2.24) is 0 Å². The zero-order chi connectivity index (χ0) is 14.7. The summed E-state index contributed by atoms with van der Waals surface area (Å²) in [4.78, 5) is 11.3. The highest BCUT2D eigenvalue weighted by Gasteiger charge is 2.05. The van der Waals surface area contributed by atoms with Crippen LogP contribution in [0, 0.1) is 0 Å². The van der Waals surface area contributed by atoms with Gasteiger partial charge in [-0.25, -0.2) is 4.79 Å². The summed E-state index contributed by atoms with van der Waals surface area (Å²) in [5.74, 6) is 0.670. The van der Waals surface area contributed by atoms with Crippen LogP contribution >= 0.6 is 0 Å². The second-order valence-electron chi connectivity index (χ2n) is 4.63. The molecule has 0 atom stereocenters. The lowest BCUT2D eigenvalue weighted by Crippen LogP contribution is -1.95. The van der Waals surface area contributed by atoms with Gasteiger partial charge in [0.15, 0.2) is 0 Å². The fraction of sp³-hybridized carbons (Fsp3) is 0.0556. The van der Waals surface area contributed by atoms with Gasteiger partial charge in [0.05, 0.1) is 7.11 Å². The first-order valence-electron chi connectivity index (χ1n) is 6.61. The van der Waals surface area contributed by atoms with Crippen LogP contribution in [-0.4, -0.2) is 7.11 Å². The summed E-state index contributed by atoms with van der Waals surface area (Å²) in [5.41, 5.74) is 2.20. The Morgan fingerprint density at radius 2 is 1.81 bits per heavy atom. The molecule has 0 bridgehead atoms. The van der Waals surface area contributed by atoms with Crippen molar-refractivity contribution < 1.29 is 9.15 Å². The Bertz CT molecular complexity index is 845. The van der Waals surface area contributed by atoms with Crippen LogP contribution in [0.25, 0.3) is 23.1 Å². The van der Waals surface area contributed by atoms with Crippen LogP contribution in [0.5, 0.6) is 5.75 Å². The van der Waals surface area contributed by atoms with Gasteiger partial charge in [0, 0.05) is 23.1 Å². The molecule has 3 rings (SSSR count). The highest BCUT2D eigenvalue weighted by atomic mass is 16.5. The average Bonchev–Trinajstić information content (AvgIpc) is 2.53. The standard InChI is InChI=1S/C18H14O3/c1-20-16-12-17-15(9-10-18(19)21-17)11-14(16)8-7-13-5-3-2-4-6-13/h2-12H,1H3/b8-7+. The van der Waals surface area contributed by atoms with Crippen molar-refractivity contribution in [1.29, 1.82) is 0 Å². The topological polar surface area (TPSA) is 39.4 Å². The minimum Gasteiger partial charge on any atom is -0.496 e. The van der Waals surface area contributed by atoms with Crippen molar-refractivity contribution in [3.8, 4) is 5.75 Å². The van der Waals surface area contributed by atoms with Crippen molar-refractivity contribution in [2.75, 3.05) is 7.11 Å². The number of fused-ring (bicyclic) bond motifs is 1. The van der Waals surface area contributed by atoms with Crippen LogP contribution in [0.4, 0.5) is 0 Å². The molecule has 0 spiro atoms. The zero-order valence-electron chi connectivity index (χ0n) is 11.6. The number of hydrogen-bond acceptors (Lipinski definition) is 3. The number of benzene rings is 2. The highest BCUT2D eigenvalue weighted by molar-refractivity contribution is 5.84. The molecule has 0 aliphatic carbocycles. The summed E-state index contributed by atoms with van der Waals surface area (Å²) < 4.78 is 10.5. The van der Waals surface area contributed by atoms with Crippen molar-refractivity contribution in [3.63, 3.8) is 0 Å². The SMILES string of the molecule is COc1cc2oc(=O)ccc2cc1/C=C/c1ccccc1. The quantitative estimate of drug-likeness (QED) is 0.537. The van der Waals surface area contributed by atoms with E-state index < -0.39 is 0 Å². The van der Waals surface area contributed by atoms with Gasteiger partial charge < -0.3 is 9.15 Å². The maximum absolute atomic E-state index is 11.3. The largest absolute Gasteiger partial charge is 0.496 e. The van der Waals surface area contributed by atoms with Gasteiger partial charge in [0.1, 0.15) is 11.3 Å². The van der Waals surface area contributed by atoms with E-state index in [1.165, 1.54) is 6.07 Å². The van der Waals surface area contributed by atoms with Crippen LogP contribution in [0.3, 0.4) is 0 Å².